The molecule has 0 radical (unpaired) electrons. The van der Waals surface area contributed by atoms with Crippen molar-refractivity contribution in [1.82, 2.24) is 19.7 Å². The Morgan fingerprint density at radius 3 is 2.50 bits per heavy atom. The molecule has 0 aromatic carbocycles. The van der Waals surface area contributed by atoms with Gasteiger partial charge < -0.3 is 5.32 Å². The maximum atomic E-state index is 4.72. The summed E-state index contributed by atoms with van der Waals surface area (Å²) in [5.41, 5.74) is 1.84. The molecule has 108 valence electrons. The minimum absolute atomic E-state index is 0.0666. The largest absolute Gasteiger partial charge is 0.369 e. The highest BCUT2D eigenvalue weighted by Crippen LogP contribution is 2.34. The van der Waals surface area contributed by atoms with E-state index in [1.807, 2.05) is 13.2 Å². The molecule has 2 heterocycles. The van der Waals surface area contributed by atoms with Crippen LogP contribution in [0.15, 0.2) is 16.9 Å². The SMILES string of the molecule is CCNc1nc(-c2cnn(C)c2)nc(C(C)(C)C)c1Br. The lowest BCUT2D eigenvalue weighted by molar-refractivity contribution is 0.564. The fraction of sp³-hybridized carbons (Fsp3) is 0.500. The molecule has 0 atom stereocenters. The molecule has 0 amide bonds. The Morgan fingerprint density at radius 1 is 1.30 bits per heavy atom. The molecule has 0 unspecified atom stereocenters. The Bertz CT molecular complexity index is 613. The molecule has 5 nitrogen and oxygen atoms in total. The third kappa shape index (κ3) is 3.00. The Balaban J connectivity index is 2.61. The molecule has 0 fully saturated rings. The van der Waals surface area contributed by atoms with Gasteiger partial charge in [-0.1, -0.05) is 20.8 Å². The molecule has 20 heavy (non-hydrogen) atoms. The van der Waals surface area contributed by atoms with Gasteiger partial charge >= 0.3 is 0 Å². The van der Waals surface area contributed by atoms with Crippen LogP contribution in [0, 0.1) is 0 Å². The Kier molecular flexibility index (Phi) is 4.13. The van der Waals surface area contributed by atoms with Gasteiger partial charge in [0.15, 0.2) is 5.82 Å². The van der Waals surface area contributed by atoms with E-state index in [0.29, 0.717) is 5.82 Å². The normalized spacial score (nSPS) is 11.7. The molecule has 0 bridgehead atoms. The van der Waals surface area contributed by atoms with E-state index >= 15 is 0 Å². The highest BCUT2D eigenvalue weighted by atomic mass is 79.9. The highest BCUT2D eigenvalue weighted by Gasteiger charge is 2.23. The molecule has 0 saturated carbocycles. The molecule has 2 rings (SSSR count). The van der Waals surface area contributed by atoms with Crippen LogP contribution in [-0.2, 0) is 12.5 Å². The van der Waals surface area contributed by atoms with E-state index in [0.717, 1.165) is 28.1 Å². The standard InChI is InChI=1S/C14H20BrN5/c1-6-16-13-10(15)11(14(2,3)4)18-12(19-13)9-7-17-20(5)8-9/h7-8H,6H2,1-5H3,(H,16,18,19). The number of hydrogen-bond donors (Lipinski definition) is 1. The van der Waals surface area contributed by atoms with Gasteiger partial charge in [-0.2, -0.15) is 5.10 Å². The van der Waals surface area contributed by atoms with Crippen LogP contribution in [0.4, 0.5) is 5.82 Å². The first-order valence-electron chi connectivity index (χ1n) is 6.64. The average molecular weight is 338 g/mol. The first-order chi connectivity index (χ1) is 9.32. The van der Waals surface area contributed by atoms with E-state index in [4.69, 9.17) is 4.98 Å². The molecule has 0 aliphatic heterocycles. The highest BCUT2D eigenvalue weighted by molar-refractivity contribution is 9.10. The number of nitrogens with one attached hydrogen (secondary N) is 1. The summed E-state index contributed by atoms with van der Waals surface area (Å²) >= 11 is 3.62. The van der Waals surface area contributed by atoms with Crippen molar-refractivity contribution in [2.75, 3.05) is 11.9 Å². The number of anilines is 1. The lowest BCUT2D eigenvalue weighted by atomic mass is 9.91. The first kappa shape index (κ1) is 15.0. The van der Waals surface area contributed by atoms with Gasteiger partial charge in [-0.05, 0) is 22.9 Å². The van der Waals surface area contributed by atoms with E-state index in [-0.39, 0.29) is 5.41 Å². The van der Waals surface area contributed by atoms with Crippen LogP contribution in [0.3, 0.4) is 0 Å². The zero-order chi connectivity index (χ0) is 14.9. The minimum Gasteiger partial charge on any atom is -0.369 e. The Morgan fingerprint density at radius 2 is 2.00 bits per heavy atom. The van der Waals surface area contributed by atoms with Gasteiger partial charge in [0, 0.05) is 25.2 Å². The molecule has 0 spiro atoms. The van der Waals surface area contributed by atoms with E-state index in [1.165, 1.54) is 0 Å². The van der Waals surface area contributed by atoms with E-state index in [9.17, 15) is 0 Å². The molecular formula is C14H20BrN5. The van der Waals surface area contributed by atoms with Gasteiger partial charge in [0.25, 0.3) is 0 Å². The summed E-state index contributed by atoms with van der Waals surface area (Å²) in [6.45, 7) is 9.29. The van der Waals surface area contributed by atoms with Crippen molar-refractivity contribution in [2.45, 2.75) is 33.1 Å². The number of aryl methyl sites for hydroxylation is 1. The third-order valence-electron chi connectivity index (χ3n) is 2.87. The van der Waals surface area contributed by atoms with Gasteiger partial charge in [-0.3, -0.25) is 4.68 Å². The maximum absolute atomic E-state index is 4.72. The predicted octanol–water partition coefficient (Wildman–Crippen LogP) is 3.37. The maximum Gasteiger partial charge on any atom is 0.165 e. The number of nitrogens with zero attached hydrogens (tertiary/aromatic N) is 4. The van der Waals surface area contributed by atoms with Gasteiger partial charge in [-0.15, -0.1) is 0 Å². The van der Waals surface area contributed by atoms with Crippen molar-refractivity contribution < 1.29 is 0 Å². The van der Waals surface area contributed by atoms with Crippen LogP contribution in [0.25, 0.3) is 11.4 Å². The first-order valence-corrected chi connectivity index (χ1v) is 7.43. The Hall–Kier alpha value is -1.43. The van der Waals surface area contributed by atoms with Gasteiger partial charge in [-0.25, -0.2) is 9.97 Å². The fourth-order valence-corrected chi connectivity index (χ4v) is 2.81. The van der Waals surface area contributed by atoms with Crippen molar-refractivity contribution in [1.29, 1.82) is 0 Å². The number of aromatic nitrogens is 4. The number of rotatable bonds is 3. The number of halogens is 1. The molecule has 0 saturated heterocycles. The summed E-state index contributed by atoms with van der Waals surface area (Å²) < 4.78 is 2.68. The topological polar surface area (TPSA) is 55.6 Å². The molecule has 2 aromatic heterocycles. The summed E-state index contributed by atoms with van der Waals surface area (Å²) in [6.07, 6.45) is 3.71. The predicted molar refractivity (Wildman–Crippen MR) is 84.8 cm³/mol. The van der Waals surface area contributed by atoms with Gasteiger partial charge in [0.05, 0.1) is 21.9 Å². The zero-order valence-corrected chi connectivity index (χ0v) is 14.1. The summed E-state index contributed by atoms with van der Waals surface area (Å²) in [5.74, 6) is 1.52. The van der Waals surface area contributed by atoms with Crippen LogP contribution in [0.1, 0.15) is 33.4 Å². The molecule has 1 N–H and O–H groups in total. The fourth-order valence-electron chi connectivity index (χ4n) is 1.89. The quantitative estimate of drug-likeness (QED) is 0.932. The Labute approximate surface area is 128 Å². The van der Waals surface area contributed by atoms with Gasteiger partial charge in [0.2, 0.25) is 0 Å². The minimum atomic E-state index is -0.0666. The molecule has 0 aliphatic carbocycles. The van der Waals surface area contributed by atoms with Crippen LogP contribution < -0.4 is 5.32 Å². The zero-order valence-electron chi connectivity index (χ0n) is 12.5. The van der Waals surface area contributed by atoms with Gasteiger partial charge in [0.1, 0.15) is 5.82 Å². The van der Waals surface area contributed by atoms with Crippen molar-refractivity contribution in [3.63, 3.8) is 0 Å². The van der Waals surface area contributed by atoms with E-state index < -0.39 is 0 Å². The summed E-state index contributed by atoms with van der Waals surface area (Å²) in [5, 5.41) is 7.47. The second kappa shape index (κ2) is 5.52. The van der Waals surface area contributed by atoms with Crippen LogP contribution >= 0.6 is 15.9 Å². The molecule has 2 aromatic rings. The molecule has 0 aliphatic rings. The third-order valence-corrected chi connectivity index (χ3v) is 3.62. The summed E-state index contributed by atoms with van der Waals surface area (Å²) in [6, 6.07) is 0. The average Bonchev–Trinajstić information content (AvgIpc) is 2.77. The smallest absolute Gasteiger partial charge is 0.165 e. The van der Waals surface area contributed by atoms with Crippen LogP contribution in [0.2, 0.25) is 0 Å². The van der Waals surface area contributed by atoms with Crippen LogP contribution in [0.5, 0.6) is 0 Å². The van der Waals surface area contributed by atoms with E-state index in [2.05, 4.69) is 59.0 Å². The van der Waals surface area contributed by atoms with Crippen LogP contribution in [-0.4, -0.2) is 26.3 Å². The van der Waals surface area contributed by atoms with Crippen molar-refractivity contribution in [2.24, 2.45) is 7.05 Å². The summed E-state index contributed by atoms with van der Waals surface area (Å²) in [4.78, 5) is 9.32. The van der Waals surface area contributed by atoms with E-state index in [1.54, 1.807) is 10.9 Å². The van der Waals surface area contributed by atoms with Crippen molar-refractivity contribution in [3.8, 4) is 11.4 Å². The number of hydrogen-bond acceptors (Lipinski definition) is 4. The second-order valence-corrected chi connectivity index (χ2v) is 6.53. The lowest BCUT2D eigenvalue weighted by Crippen LogP contribution is -2.17. The van der Waals surface area contributed by atoms with Crippen molar-refractivity contribution >= 4 is 21.7 Å². The molecular weight excluding hydrogens is 318 g/mol. The van der Waals surface area contributed by atoms with Crippen molar-refractivity contribution in [3.05, 3.63) is 22.6 Å². The lowest BCUT2D eigenvalue weighted by Gasteiger charge is -2.21. The molecule has 6 heteroatoms. The summed E-state index contributed by atoms with van der Waals surface area (Å²) in [7, 11) is 1.89. The monoisotopic (exact) mass is 337 g/mol. The second-order valence-electron chi connectivity index (χ2n) is 5.74.